The van der Waals surface area contributed by atoms with Crippen LogP contribution in [0.15, 0.2) is 41.6 Å². The summed E-state index contributed by atoms with van der Waals surface area (Å²) in [6, 6.07) is 12.2. The van der Waals surface area contributed by atoms with Gasteiger partial charge in [-0.1, -0.05) is 37.3 Å². The van der Waals surface area contributed by atoms with Gasteiger partial charge in [-0.25, -0.2) is 0 Å². The Morgan fingerprint density at radius 1 is 1.25 bits per heavy atom. The molecular formula is C19H19N3O2. The lowest BCUT2D eigenvalue weighted by Gasteiger charge is -2.29. The highest BCUT2D eigenvalue weighted by Gasteiger charge is 2.25. The minimum absolute atomic E-state index is 0.0959. The maximum Gasteiger partial charge on any atom is 0.219 e. The summed E-state index contributed by atoms with van der Waals surface area (Å²) >= 11 is 0. The highest BCUT2D eigenvalue weighted by molar-refractivity contribution is 6.00. The van der Waals surface area contributed by atoms with Crippen molar-refractivity contribution in [3.8, 4) is 17.0 Å². The lowest BCUT2D eigenvalue weighted by molar-refractivity contribution is 0.269. The molecule has 0 unspecified atom stereocenters. The summed E-state index contributed by atoms with van der Waals surface area (Å²) in [5.41, 5.74) is 5.62. The smallest absolute Gasteiger partial charge is 0.219 e. The van der Waals surface area contributed by atoms with Crippen LogP contribution in [0.5, 0.6) is 5.88 Å². The fourth-order valence-electron chi connectivity index (χ4n) is 3.68. The summed E-state index contributed by atoms with van der Waals surface area (Å²) in [4.78, 5) is 16.5. The van der Waals surface area contributed by atoms with E-state index < -0.39 is 0 Å². The summed E-state index contributed by atoms with van der Waals surface area (Å²) < 4.78 is 0. The molecule has 0 aliphatic carbocycles. The molecule has 0 atom stereocenters. The van der Waals surface area contributed by atoms with Gasteiger partial charge in [0.25, 0.3) is 0 Å². The number of hydrogen-bond acceptors (Lipinski definition) is 4. The van der Waals surface area contributed by atoms with Gasteiger partial charge in [0.2, 0.25) is 5.88 Å². The fourth-order valence-corrected chi connectivity index (χ4v) is 3.68. The zero-order valence-corrected chi connectivity index (χ0v) is 13.5. The number of aromatic nitrogens is 1. The van der Waals surface area contributed by atoms with E-state index in [1.54, 1.807) is 0 Å². The predicted octanol–water partition coefficient (Wildman–Crippen LogP) is 4.32. The van der Waals surface area contributed by atoms with Gasteiger partial charge in [-0.05, 0) is 46.5 Å². The second-order valence-corrected chi connectivity index (χ2v) is 6.20. The van der Waals surface area contributed by atoms with Crippen molar-refractivity contribution in [2.45, 2.75) is 19.9 Å². The quantitative estimate of drug-likeness (QED) is 0.706. The normalized spacial score (nSPS) is 14.7. The Morgan fingerprint density at radius 2 is 2.04 bits per heavy atom. The lowest BCUT2D eigenvalue weighted by atomic mass is 9.88. The zero-order chi connectivity index (χ0) is 16.7. The molecule has 0 amide bonds. The van der Waals surface area contributed by atoms with Crippen LogP contribution >= 0.6 is 0 Å². The van der Waals surface area contributed by atoms with E-state index in [1.807, 2.05) is 24.3 Å². The minimum atomic E-state index is -0.152. The molecule has 0 saturated carbocycles. The topological polar surface area (TPSA) is 68.7 Å². The molecule has 2 aromatic carbocycles. The zero-order valence-electron chi connectivity index (χ0n) is 13.5. The second-order valence-electron chi connectivity index (χ2n) is 6.20. The average Bonchev–Trinajstić information content (AvgIpc) is 2.96. The Balaban J connectivity index is 2.04. The van der Waals surface area contributed by atoms with E-state index in [4.69, 9.17) is 0 Å². The van der Waals surface area contributed by atoms with Crippen molar-refractivity contribution in [1.29, 1.82) is 0 Å². The van der Waals surface area contributed by atoms with Crippen LogP contribution < -0.4 is 0 Å². The fraction of sp³-hybridized carbons (Fsp3) is 0.263. The first-order valence-electron chi connectivity index (χ1n) is 8.23. The van der Waals surface area contributed by atoms with E-state index in [0.29, 0.717) is 5.39 Å². The van der Waals surface area contributed by atoms with E-state index in [2.05, 4.69) is 34.1 Å². The minimum Gasteiger partial charge on any atom is -0.493 e. The molecule has 0 fully saturated rings. The third-order valence-corrected chi connectivity index (χ3v) is 4.96. The molecule has 0 radical (unpaired) electrons. The molecule has 1 aromatic heterocycles. The lowest BCUT2D eigenvalue weighted by Crippen LogP contribution is -2.30. The number of aromatic hydroxyl groups is 1. The molecule has 24 heavy (non-hydrogen) atoms. The van der Waals surface area contributed by atoms with Crippen molar-refractivity contribution in [3.05, 3.63) is 52.4 Å². The third kappa shape index (κ3) is 2.20. The number of hydrogen-bond donors (Lipinski definition) is 2. The van der Waals surface area contributed by atoms with Crippen LogP contribution in [-0.4, -0.2) is 28.1 Å². The van der Waals surface area contributed by atoms with Crippen LogP contribution in [0, 0.1) is 4.91 Å². The molecule has 5 heteroatoms. The van der Waals surface area contributed by atoms with Gasteiger partial charge in [-0.3, -0.25) is 4.90 Å². The van der Waals surface area contributed by atoms with Crippen molar-refractivity contribution in [2.24, 2.45) is 5.18 Å². The number of nitrogens with one attached hydrogen (secondary N) is 1. The number of nitroso groups, excluding NO2 is 1. The highest BCUT2D eigenvalue weighted by atomic mass is 16.3. The van der Waals surface area contributed by atoms with Gasteiger partial charge in [0.05, 0.1) is 5.52 Å². The first-order chi connectivity index (χ1) is 11.7. The standard InChI is InChI=1S/C19H19N3O2/c1-2-22-9-8-13-14(12-6-4-3-5-7-12)10-15-17(16(13)11-22)20-19(23)18(15)21-24/h3-7,10,20,23H,2,8-9,11H2,1H3. The Labute approximate surface area is 139 Å². The van der Waals surface area contributed by atoms with Crippen molar-refractivity contribution in [3.63, 3.8) is 0 Å². The van der Waals surface area contributed by atoms with Gasteiger partial charge in [-0.2, -0.15) is 0 Å². The molecule has 1 aliphatic heterocycles. The van der Waals surface area contributed by atoms with Crippen molar-refractivity contribution < 1.29 is 5.11 Å². The van der Waals surface area contributed by atoms with Gasteiger partial charge >= 0.3 is 0 Å². The summed E-state index contributed by atoms with van der Waals surface area (Å²) in [7, 11) is 0. The molecule has 1 aliphatic rings. The number of rotatable bonds is 3. The van der Waals surface area contributed by atoms with Crippen LogP contribution in [0.4, 0.5) is 5.69 Å². The Hall–Kier alpha value is -2.66. The van der Waals surface area contributed by atoms with Gasteiger partial charge in [0.15, 0.2) is 5.69 Å². The molecule has 2 N–H and O–H groups in total. The van der Waals surface area contributed by atoms with Gasteiger partial charge in [0.1, 0.15) is 0 Å². The van der Waals surface area contributed by atoms with Crippen molar-refractivity contribution >= 4 is 16.6 Å². The molecular weight excluding hydrogens is 302 g/mol. The molecule has 122 valence electrons. The molecule has 0 saturated heterocycles. The van der Waals surface area contributed by atoms with E-state index in [-0.39, 0.29) is 11.6 Å². The van der Waals surface area contributed by atoms with Crippen molar-refractivity contribution in [2.75, 3.05) is 13.1 Å². The summed E-state index contributed by atoms with van der Waals surface area (Å²) in [6.45, 7) is 4.94. The van der Waals surface area contributed by atoms with Gasteiger partial charge < -0.3 is 10.1 Å². The number of aromatic amines is 1. The first kappa shape index (κ1) is 14.9. The largest absolute Gasteiger partial charge is 0.493 e. The number of benzene rings is 2. The van der Waals surface area contributed by atoms with Crippen LogP contribution in [-0.2, 0) is 13.0 Å². The maximum atomic E-state index is 11.2. The Kier molecular flexibility index (Phi) is 3.58. The van der Waals surface area contributed by atoms with E-state index >= 15 is 0 Å². The number of nitrogens with zero attached hydrogens (tertiary/aromatic N) is 2. The molecule has 3 aromatic rings. The molecule has 4 rings (SSSR count). The summed E-state index contributed by atoms with van der Waals surface area (Å²) in [6.07, 6.45) is 0.951. The number of H-pyrrole nitrogens is 1. The molecule has 0 bridgehead atoms. The predicted molar refractivity (Wildman–Crippen MR) is 95.5 cm³/mol. The third-order valence-electron chi connectivity index (χ3n) is 4.96. The van der Waals surface area contributed by atoms with E-state index in [9.17, 15) is 10.0 Å². The average molecular weight is 321 g/mol. The van der Waals surface area contributed by atoms with Crippen LogP contribution in [0.1, 0.15) is 18.1 Å². The Bertz CT molecular complexity index is 916. The molecule has 2 heterocycles. The van der Waals surface area contributed by atoms with Crippen molar-refractivity contribution in [1.82, 2.24) is 9.88 Å². The SMILES string of the molecule is CCN1CCc2c(-c3ccccc3)cc3c(N=O)c(O)[nH]c3c2C1. The highest BCUT2D eigenvalue weighted by Crippen LogP contribution is 2.42. The van der Waals surface area contributed by atoms with Crippen LogP contribution in [0.3, 0.4) is 0 Å². The summed E-state index contributed by atoms with van der Waals surface area (Å²) in [5.74, 6) is -0.152. The monoisotopic (exact) mass is 321 g/mol. The van der Waals surface area contributed by atoms with Gasteiger partial charge in [0, 0.05) is 18.5 Å². The molecule has 5 nitrogen and oxygen atoms in total. The van der Waals surface area contributed by atoms with E-state index in [0.717, 1.165) is 48.3 Å². The van der Waals surface area contributed by atoms with Crippen LogP contribution in [0.25, 0.3) is 22.0 Å². The maximum absolute atomic E-state index is 11.2. The van der Waals surface area contributed by atoms with Crippen LogP contribution in [0.2, 0.25) is 0 Å². The Morgan fingerprint density at radius 3 is 2.75 bits per heavy atom. The number of fused-ring (bicyclic) bond motifs is 3. The van der Waals surface area contributed by atoms with E-state index in [1.165, 1.54) is 5.56 Å². The second kappa shape index (κ2) is 5.76. The van der Waals surface area contributed by atoms with Gasteiger partial charge in [-0.15, -0.1) is 4.91 Å². The first-order valence-corrected chi connectivity index (χ1v) is 8.23. The number of likely N-dealkylation sites (N-methyl/N-ethyl adjacent to an activating group) is 1. The summed E-state index contributed by atoms with van der Waals surface area (Å²) in [5, 5.41) is 13.8. The molecule has 0 spiro atoms.